The lowest BCUT2D eigenvalue weighted by atomic mass is 10.00. The van der Waals surface area contributed by atoms with Gasteiger partial charge in [0, 0.05) is 24.0 Å². The van der Waals surface area contributed by atoms with E-state index in [4.69, 9.17) is 17.3 Å². The predicted molar refractivity (Wildman–Crippen MR) is 114 cm³/mol. The summed E-state index contributed by atoms with van der Waals surface area (Å²) in [7, 11) is 0. The third kappa shape index (κ3) is 3.88. The first-order valence-corrected chi connectivity index (χ1v) is 9.58. The summed E-state index contributed by atoms with van der Waals surface area (Å²) in [6, 6.07) is 9.68. The summed E-state index contributed by atoms with van der Waals surface area (Å²) in [5.74, 6) is 6.77. The molecule has 0 saturated heterocycles. The van der Waals surface area contributed by atoms with E-state index < -0.39 is 5.60 Å². The molecule has 1 aliphatic rings. The van der Waals surface area contributed by atoms with E-state index in [-0.39, 0.29) is 5.95 Å². The van der Waals surface area contributed by atoms with Gasteiger partial charge in [-0.05, 0) is 55.7 Å². The van der Waals surface area contributed by atoms with Crippen LogP contribution in [0, 0.1) is 18.8 Å². The smallest absolute Gasteiger partial charge is 0.222 e. The van der Waals surface area contributed by atoms with Crippen LogP contribution in [-0.2, 0) is 12.0 Å². The van der Waals surface area contributed by atoms with Crippen LogP contribution in [0.5, 0.6) is 0 Å². The topological polar surface area (TPSA) is 88.2 Å². The lowest BCUT2D eigenvalue weighted by Crippen LogP contribution is -2.20. The van der Waals surface area contributed by atoms with E-state index in [1.54, 1.807) is 13.1 Å². The zero-order chi connectivity index (χ0) is 20.6. The summed E-state index contributed by atoms with van der Waals surface area (Å²) < 4.78 is 0. The number of anilines is 3. The summed E-state index contributed by atoms with van der Waals surface area (Å²) in [4.78, 5) is 14.5. The molecular formula is C22H20ClN5O. The van der Waals surface area contributed by atoms with Crippen LogP contribution in [0.25, 0.3) is 0 Å². The van der Waals surface area contributed by atoms with Gasteiger partial charge in [0.05, 0.1) is 11.9 Å². The zero-order valence-corrected chi connectivity index (χ0v) is 16.9. The fraction of sp³-hybridized carbons (Fsp3) is 0.227. The van der Waals surface area contributed by atoms with Gasteiger partial charge >= 0.3 is 0 Å². The maximum atomic E-state index is 10.8. The monoisotopic (exact) mass is 405 g/mol. The Labute approximate surface area is 174 Å². The molecule has 2 aromatic heterocycles. The summed E-state index contributed by atoms with van der Waals surface area (Å²) in [6.07, 6.45) is 4.05. The number of fused-ring (bicyclic) bond motifs is 1. The quantitative estimate of drug-likeness (QED) is 0.635. The van der Waals surface area contributed by atoms with E-state index in [0.29, 0.717) is 16.5 Å². The van der Waals surface area contributed by atoms with Crippen LogP contribution in [-0.4, -0.2) is 26.6 Å². The summed E-state index contributed by atoms with van der Waals surface area (Å²) in [5.41, 5.74) is 8.87. The number of aliphatic hydroxyl groups is 1. The summed E-state index contributed by atoms with van der Waals surface area (Å²) in [5, 5.41) is 11.2. The van der Waals surface area contributed by atoms with Gasteiger partial charge in [0.25, 0.3) is 0 Å². The van der Waals surface area contributed by atoms with Crippen LogP contribution in [0.1, 0.15) is 29.3 Å². The standard InChI is InChI=1S/C22H20ClN5O/c1-14-6-9-25-19(11-14)22(2,29)8-5-15-3-4-16-7-10-28(18(16)12-15)20-17(23)13-26-21(24)27-20/h3-4,6,9,11-13,29H,7,10H2,1-2H3,(H2,24,26,27). The van der Waals surface area contributed by atoms with E-state index in [9.17, 15) is 5.11 Å². The minimum atomic E-state index is -1.35. The molecule has 1 unspecified atom stereocenters. The van der Waals surface area contributed by atoms with Crippen molar-refractivity contribution in [3.05, 3.63) is 70.1 Å². The number of aryl methyl sites for hydroxylation is 1. The number of hydrogen-bond donors (Lipinski definition) is 2. The minimum Gasteiger partial charge on any atom is -0.372 e. The molecule has 0 radical (unpaired) electrons. The van der Waals surface area contributed by atoms with E-state index in [0.717, 1.165) is 29.8 Å². The van der Waals surface area contributed by atoms with Crippen LogP contribution < -0.4 is 10.6 Å². The van der Waals surface area contributed by atoms with E-state index in [2.05, 4.69) is 26.8 Å². The van der Waals surface area contributed by atoms with Crippen molar-refractivity contribution in [3.8, 4) is 11.8 Å². The number of nitrogens with two attached hydrogens (primary N) is 1. The Morgan fingerprint density at radius 2 is 2.07 bits per heavy atom. The number of benzene rings is 1. The second-order valence-corrected chi connectivity index (χ2v) is 7.59. The van der Waals surface area contributed by atoms with Gasteiger partial charge in [-0.3, -0.25) is 4.98 Å². The molecule has 3 aromatic rings. The van der Waals surface area contributed by atoms with Crippen LogP contribution in [0.3, 0.4) is 0 Å². The van der Waals surface area contributed by atoms with Crippen molar-refractivity contribution in [2.45, 2.75) is 25.9 Å². The molecule has 1 aliphatic heterocycles. The average Bonchev–Trinajstić information content (AvgIpc) is 3.11. The largest absolute Gasteiger partial charge is 0.372 e. The first kappa shape index (κ1) is 19.2. The SMILES string of the molecule is Cc1ccnc(C(C)(O)C#Cc2ccc3c(c2)N(c2nc(N)ncc2Cl)CC3)c1. The second kappa shape index (κ2) is 7.36. The van der Waals surface area contributed by atoms with Crippen molar-refractivity contribution < 1.29 is 5.11 Å². The lowest BCUT2D eigenvalue weighted by Gasteiger charge is -2.19. The molecule has 146 valence electrons. The molecule has 3 N–H and O–H groups in total. The molecule has 0 bridgehead atoms. The molecule has 3 heterocycles. The van der Waals surface area contributed by atoms with Gasteiger partial charge in [-0.1, -0.05) is 29.5 Å². The highest BCUT2D eigenvalue weighted by Crippen LogP contribution is 2.37. The van der Waals surface area contributed by atoms with Crippen molar-refractivity contribution >= 4 is 29.1 Å². The van der Waals surface area contributed by atoms with Gasteiger partial charge in [0.2, 0.25) is 5.95 Å². The Bertz CT molecular complexity index is 1150. The van der Waals surface area contributed by atoms with E-state index in [1.165, 1.54) is 11.8 Å². The lowest BCUT2D eigenvalue weighted by molar-refractivity contribution is 0.117. The van der Waals surface area contributed by atoms with Crippen molar-refractivity contribution in [2.24, 2.45) is 0 Å². The van der Waals surface area contributed by atoms with Crippen molar-refractivity contribution in [1.29, 1.82) is 0 Å². The van der Waals surface area contributed by atoms with Crippen molar-refractivity contribution in [2.75, 3.05) is 17.2 Å². The number of aromatic nitrogens is 3. The summed E-state index contributed by atoms with van der Waals surface area (Å²) >= 11 is 6.29. The Hall–Kier alpha value is -3.14. The Morgan fingerprint density at radius 1 is 1.24 bits per heavy atom. The molecule has 6 nitrogen and oxygen atoms in total. The normalized spacial score (nSPS) is 14.7. The Kier molecular flexibility index (Phi) is 4.87. The van der Waals surface area contributed by atoms with Gasteiger partial charge in [0.1, 0.15) is 5.02 Å². The predicted octanol–water partition coefficient (Wildman–Crippen LogP) is 3.37. The molecule has 0 saturated carbocycles. The average molecular weight is 406 g/mol. The second-order valence-electron chi connectivity index (χ2n) is 7.19. The number of hydrogen-bond acceptors (Lipinski definition) is 6. The maximum Gasteiger partial charge on any atom is 0.222 e. The van der Waals surface area contributed by atoms with Gasteiger partial charge < -0.3 is 15.7 Å². The minimum absolute atomic E-state index is 0.176. The fourth-order valence-electron chi connectivity index (χ4n) is 3.30. The van der Waals surface area contributed by atoms with Crippen LogP contribution >= 0.6 is 11.6 Å². The van der Waals surface area contributed by atoms with Crippen LogP contribution in [0.4, 0.5) is 17.5 Å². The molecule has 7 heteroatoms. The molecule has 0 spiro atoms. The number of nitrogen functional groups attached to an aromatic ring is 1. The molecule has 4 rings (SSSR count). The van der Waals surface area contributed by atoms with Gasteiger partial charge in [-0.15, -0.1) is 0 Å². The highest BCUT2D eigenvalue weighted by Gasteiger charge is 2.25. The Balaban J connectivity index is 1.68. The van der Waals surface area contributed by atoms with Crippen molar-refractivity contribution in [3.63, 3.8) is 0 Å². The number of nitrogens with zero attached hydrogens (tertiary/aromatic N) is 4. The molecule has 0 fully saturated rings. The van der Waals surface area contributed by atoms with Gasteiger partial charge in [-0.25, -0.2) is 4.98 Å². The fourth-order valence-corrected chi connectivity index (χ4v) is 3.49. The maximum absolute atomic E-state index is 10.8. The first-order valence-electron chi connectivity index (χ1n) is 9.21. The molecule has 0 aliphatic carbocycles. The van der Waals surface area contributed by atoms with E-state index >= 15 is 0 Å². The third-order valence-electron chi connectivity index (χ3n) is 4.85. The first-order chi connectivity index (χ1) is 13.8. The Morgan fingerprint density at radius 3 is 2.86 bits per heavy atom. The zero-order valence-electron chi connectivity index (χ0n) is 16.1. The summed E-state index contributed by atoms with van der Waals surface area (Å²) in [6.45, 7) is 4.34. The molecular weight excluding hydrogens is 386 g/mol. The van der Waals surface area contributed by atoms with E-state index in [1.807, 2.05) is 42.2 Å². The molecule has 1 aromatic carbocycles. The van der Waals surface area contributed by atoms with Crippen LogP contribution in [0.15, 0.2) is 42.7 Å². The van der Waals surface area contributed by atoms with Gasteiger partial charge in [-0.2, -0.15) is 4.98 Å². The van der Waals surface area contributed by atoms with Crippen LogP contribution in [0.2, 0.25) is 5.02 Å². The number of rotatable bonds is 2. The number of pyridine rings is 1. The third-order valence-corrected chi connectivity index (χ3v) is 5.11. The highest BCUT2D eigenvalue weighted by atomic mass is 35.5. The highest BCUT2D eigenvalue weighted by molar-refractivity contribution is 6.33. The van der Waals surface area contributed by atoms with Gasteiger partial charge in [0.15, 0.2) is 11.4 Å². The molecule has 29 heavy (non-hydrogen) atoms. The number of halogens is 1. The molecule has 1 atom stereocenters. The molecule has 0 amide bonds. The van der Waals surface area contributed by atoms with Crippen molar-refractivity contribution in [1.82, 2.24) is 15.0 Å².